The number of hydrogen-bond acceptors (Lipinski definition) is 3. The smallest absolute Gasteiger partial charge is 0.117 e. The third-order valence-corrected chi connectivity index (χ3v) is 0.980. The lowest BCUT2D eigenvalue weighted by Gasteiger charge is -1.82. The van der Waals surface area contributed by atoms with Gasteiger partial charge < -0.3 is 5.32 Å². The first-order valence-corrected chi connectivity index (χ1v) is 3.28. The fourth-order valence-electron chi connectivity index (χ4n) is 0.535. The molecule has 0 aromatic heterocycles. The van der Waals surface area contributed by atoms with Crippen molar-refractivity contribution in [1.82, 2.24) is 5.32 Å². The lowest BCUT2D eigenvalue weighted by Crippen LogP contribution is -1.99. The van der Waals surface area contributed by atoms with E-state index < -0.39 is 0 Å². The molecule has 0 amide bonds. The van der Waals surface area contributed by atoms with Gasteiger partial charge in [-0.25, -0.2) is 9.98 Å². The summed E-state index contributed by atoms with van der Waals surface area (Å²) in [7, 11) is 0. The summed E-state index contributed by atoms with van der Waals surface area (Å²) in [5.41, 5.74) is 0. The quantitative estimate of drug-likeness (QED) is 0.549. The molecule has 0 aliphatic carbocycles. The molecule has 1 aliphatic rings. The molecule has 1 aliphatic heterocycles. The molecule has 0 aromatic carbocycles. The second-order valence-electron chi connectivity index (χ2n) is 1.79. The van der Waals surface area contributed by atoms with Gasteiger partial charge in [0.1, 0.15) is 6.34 Å². The molecule has 0 aromatic rings. The zero-order chi connectivity index (χ0) is 7.78. The number of hydrogen-bond donors (Lipinski definition) is 1. The lowest BCUT2D eigenvalue weighted by molar-refractivity contribution is 1.32. The van der Waals surface area contributed by atoms with Gasteiger partial charge in [-0.15, -0.1) is 0 Å². The molecule has 11 heavy (non-hydrogen) atoms. The number of aliphatic imine (C=N–C) groups is 2. The average Bonchev–Trinajstić information content (AvgIpc) is 2.08. The van der Waals surface area contributed by atoms with E-state index in [1.54, 1.807) is 18.7 Å². The highest BCUT2D eigenvalue weighted by molar-refractivity contribution is 5.71. The van der Waals surface area contributed by atoms with Gasteiger partial charge in [-0.05, 0) is 12.2 Å². The monoisotopic (exact) mass is 147 g/mol. The summed E-state index contributed by atoms with van der Waals surface area (Å²) in [5.74, 6) is 0. The number of nitrogens with one attached hydrogen (secondary N) is 1. The Labute approximate surface area is 65.6 Å². The van der Waals surface area contributed by atoms with Gasteiger partial charge in [0.25, 0.3) is 0 Å². The third-order valence-electron chi connectivity index (χ3n) is 0.980. The van der Waals surface area contributed by atoms with Crippen LogP contribution in [0.2, 0.25) is 0 Å². The molecule has 0 unspecified atom stereocenters. The van der Waals surface area contributed by atoms with Gasteiger partial charge in [-0.1, -0.05) is 12.2 Å². The molecule has 0 fully saturated rings. The van der Waals surface area contributed by atoms with Crippen molar-refractivity contribution in [3.63, 3.8) is 0 Å². The van der Waals surface area contributed by atoms with E-state index in [1.807, 2.05) is 24.3 Å². The maximum Gasteiger partial charge on any atom is 0.117 e. The molecule has 1 N–H and O–H groups in total. The molecule has 0 spiro atoms. The van der Waals surface area contributed by atoms with Crippen molar-refractivity contribution in [3.05, 3.63) is 36.7 Å². The predicted molar refractivity (Wildman–Crippen MR) is 47.5 cm³/mol. The van der Waals surface area contributed by atoms with E-state index in [0.29, 0.717) is 0 Å². The van der Waals surface area contributed by atoms with Crippen LogP contribution in [0.25, 0.3) is 0 Å². The van der Waals surface area contributed by atoms with Crippen LogP contribution in [-0.4, -0.2) is 12.7 Å². The standard InChI is InChI=1S/C8H9N3/c1-2-4-6-10-8-11-7-9-5-3-1/h1-8H,(H,9,10,11). The van der Waals surface area contributed by atoms with Crippen molar-refractivity contribution >= 4 is 12.7 Å². The summed E-state index contributed by atoms with van der Waals surface area (Å²) in [6.45, 7) is 0. The predicted octanol–water partition coefficient (Wildman–Crippen LogP) is 1.23. The summed E-state index contributed by atoms with van der Waals surface area (Å²) in [6.07, 6.45) is 14.0. The van der Waals surface area contributed by atoms with Crippen LogP contribution in [0.3, 0.4) is 0 Å². The highest BCUT2D eigenvalue weighted by Gasteiger charge is 1.67. The number of allylic oxidation sites excluding steroid dienone is 4. The first-order valence-electron chi connectivity index (χ1n) is 3.28. The Morgan fingerprint density at radius 2 is 1.82 bits per heavy atom. The Balaban J connectivity index is 2.61. The van der Waals surface area contributed by atoms with E-state index in [4.69, 9.17) is 0 Å². The molecule has 0 saturated heterocycles. The Morgan fingerprint density at radius 1 is 0.909 bits per heavy atom. The fraction of sp³-hybridized carbons (Fsp3) is 0. The first kappa shape index (κ1) is 7.47. The lowest BCUT2D eigenvalue weighted by atomic mass is 10.4. The number of nitrogens with zero attached hydrogens (tertiary/aromatic N) is 2. The normalized spacial score (nSPS) is 16.0. The summed E-state index contributed by atoms with van der Waals surface area (Å²) in [4.78, 5) is 7.67. The average molecular weight is 147 g/mol. The van der Waals surface area contributed by atoms with Crippen LogP contribution in [0.4, 0.5) is 0 Å². The van der Waals surface area contributed by atoms with Crippen LogP contribution in [-0.2, 0) is 0 Å². The molecule has 1 rings (SSSR count). The van der Waals surface area contributed by atoms with E-state index in [1.165, 1.54) is 6.34 Å². The van der Waals surface area contributed by atoms with E-state index in [9.17, 15) is 0 Å². The zero-order valence-electron chi connectivity index (χ0n) is 6.01. The topological polar surface area (TPSA) is 36.8 Å². The van der Waals surface area contributed by atoms with Gasteiger partial charge >= 0.3 is 0 Å². The summed E-state index contributed by atoms with van der Waals surface area (Å²) >= 11 is 0. The van der Waals surface area contributed by atoms with Gasteiger partial charge in [-0.2, -0.15) is 0 Å². The van der Waals surface area contributed by atoms with Gasteiger partial charge in [-0.3, -0.25) is 0 Å². The van der Waals surface area contributed by atoms with Crippen LogP contribution in [0.5, 0.6) is 0 Å². The number of rotatable bonds is 0. The van der Waals surface area contributed by atoms with Gasteiger partial charge in [0.05, 0.1) is 6.34 Å². The van der Waals surface area contributed by atoms with Crippen molar-refractivity contribution in [2.24, 2.45) is 9.98 Å². The molecule has 0 bridgehead atoms. The van der Waals surface area contributed by atoms with Gasteiger partial charge in [0.15, 0.2) is 0 Å². The maximum absolute atomic E-state index is 3.85. The molecular weight excluding hydrogens is 138 g/mol. The van der Waals surface area contributed by atoms with Crippen LogP contribution < -0.4 is 5.32 Å². The van der Waals surface area contributed by atoms with Crippen molar-refractivity contribution in [1.29, 1.82) is 0 Å². The van der Waals surface area contributed by atoms with Crippen molar-refractivity contribution in [2.75, 3.05) is 0 Å². The van der Waals surface area contributed by atoms with Crippen LogP contribution in [0.1, 0.15) is 0 Å². The van der Waals surface area contributed by atoms with Crippen molar-refractivity contribution in [2.45, 2.75) is 0 Å². The van der Waals surface area contributed by atoms with E-state index in [-0.39, 0.29) is 0 Å². The highest BCUT2D eigenvalue weighted by atomic mass is 14.9. The Kier molecular flexibility index (Phi) is 3.51. The van der Waals surface area contributed by atoms with E-state index in [2.05, 4.69) is 15.3 Å². The molecule has 56 valence electrons. The van der Waals surface area contributed by atoms with Crippen LogP contribution in [0, 0.1) is 0 Å². The molecule has 3 nitrogen and oxygen atoms in total. The highest BCUT2D eigenvalue weighted by Crippen LogP contribution is 1.80. The summed E-state index contributed by atoms with van der Waals surface area (Å²) in [5, 5.41) is 2.84. The molecule has 0 atom stereocenters. The van der Waals surface area contributed by atoms with E-state index in [0.717, 1.165) is 0 Å². The second-order valence-corrected chi connectivity index (χ2v) is 1.79. The third kappa shape index (κ3) is 3.86. The minimum Gasteiger partial charge on any atom is -0.353 e. The fourth-order valence-corrected chi connectivity index (χ4v) is 0.535. The summed E-state index contributed by atoms with van der Waals surface area (Å²) in [6, 6.07) is 0. The first-order chi connectivity index (χ1) is 5.50. The maximum atomic E-state index is 3.85. The van der Waals surface area contributed by atoms with Crippen molar-refractivity contribution in [3.8, 4) is 0 Å². The Morgan fingerprint density at radius 3 is 2.82 bits per heavy atom. The SMILES string of the molecule is C1=CC=CNC=NC=NC=C1. The largest absolute Gasteiger partial charge is 0.353 e. The molecule has 0 saturated carbocycles. The molecule has 0 radical (unpaired) electrons. The zero-order valence-corrected chi connectivity index (χ0v) is 6.01. The minimum absolute atomic E-state index is 1.47. The molecule has 1 heterocycles. The molecule has 3 heteroatoms. The van der Waals surface area contributed by atoms with Crippen LogP contribution >= 0.6 is 0 Å². The summed E-state index contributed by atoms with van der Waals surface area (Å²) < 4.78 is 0. The van der Waals surface area contributed by atoms with Crippen LogP contribution in [0.15, 0.2) is 46.7 Å². The Bertz CT molecular complexity index is 210. The van der Waals surface area contributed by atoms with E-state index >= 15 is 0 Å². The Hall–Kier alpha value is -1.64. The van der Waals surface area contributed by atoms with Gasteiger partial charge in [0, 0.05) is 12.4 Å². The molecular formula is C8H9N3. The second kappa shape index (κ2) is 5.17. The van der Waals surface area contributed by atoms with Crippen molar-refractivity contribution < 1.29 is 0 Å². The minimum atomic E-state index is 1.47. The van der Waals surface area contributed by atoms with Gasteiger partial charge in [0.2, 0.25) is 0 Å².